The molecule has 0 atom stereocenters. The minimum Gasteiger partial charge on any atom is -0.299 e. The first-order valence-corrected chi connectivity index (χ1v) is 7.78. The fraction of sp³-hybridized carbons (Fsp3) is 0.615. The Balaban J connectivity index is 2.02. The van der Waals surface area contributed by atoms with Gasteiger partial charge in [-0.2, -0.15) is 0 Å². The van der Waals surface area contributed by atoms with E-state index in [0.717, 1.165) is 19.6 Å². The van der Waals surface area contributed by atoms with Gasteiger partial charge in [0.25, 0.3) is 0 Å². The first kappa shape index (κ1) is 15.3. The smallest absolute Gasteiger partial charge is 0.179 e. The number of nitrogens with zero attached hydrogens (tertiary/aromatic N) is 2. The van der Waals surface area contributed by atoms with E-state index in [-0.39, 0.29) is 11.3 Å². The normalized spacial score (nSPS) is 20.7. The van der Waals surface area contributed by atoms with Gasteiger partial charge in [-0.15, -0.1) is 11.3 Å². The lowest BCUT2D eigenvalue weighted by Gasteiger charge is -2.45. The Morgan fingerprint density at radius 3 is 2.63 bits per heavy atom. The van der Waals surface area contributed by atoms with Gasteiger partial charge < -0.3 is 0 Å². The first-order chi connectivity index (χ1) is 8.79. The van der Waals surface area contributed by atoms with E-state index in [1.165, 1.54) is 11.3 Å². The van der Waals surface area contributed by atoms with Crippen LogP contribution in [0.5, 0.6) is 0 Å². The highest BCUT2D eigenvalue weighted by molar-refractivity contribution is 7.20. The number of thiophene rings is 1. The molecule has 0 N–H and O–H groups in total. The van der Waals surface area contributed by atoms with Crippen molar-refractivity contribution >= 4 is 40.3 Å². The summed E-state index contributed by atoms with van der Waals surface area (Å²) < 4.78 is 1.05. The van der Waals surface area contributed by atoms with E-state index in [1.54, 1.807) is 6.07 Å². The van der Waals surface area contributed by atoms with Gasteiger partial charge >= 0.3 is 0 Å². The summed E-state index contributed by atoms with van der Waals surface area (Å²) >= 11 is 13.1. The summed E-state index contributed by atoms with van der Waals surface area (Å²) in [4.78, 5) is 16.8. The molecular weight excluding hydrogens is 303 g/mol. The van der Waals surface area contributed by atoms with E-state index >= 15 is 0 Å². The van der Waals surface area contributed by atoms with Gasteiger partial charge in [0.05, 0.1) is 16.4 Å². The van der Waals surface area contributed by atoms with E-state index in [2.05, 4.69) is 30.7 Å². The second-order valence-electron chi connectivity index (χ2n) is 5.61. The molecule has 0 saturated carbocycles. The molecule has 0 spiro atoms. The second-order valence-corrected chi connectivity index (χ2v) is 7.89. The molecule has 1 fully saturated rings. The Bertz CT molecular complexity index is 487. The average Bonchev–Trinajstić information content (AvgIpc) is 2.63. The van der Waals surface area contributed by atoms with Crippen molar-refractivity contribution in [2.75, 3.05) is 33.2 Å². The summed E-state index contributed by atoms with van der Waals surface area (Å²) in [5.74, 6) is 0.0495. The number of hydrogen-bond acceptors (Lipinski definition) is 4. The van der Waals surface area contributed by atoms with Gasteiger partial charge in [-0.3, -0.25) is 14.6 Å². The van der Waals surface area contributed by atoms with Gasteiger partial charge in [-0.25, -0.2) is 0 Å². The fourth-order valence-corrected chi connectivity index (χ4v) is 3.79. The minimum absolute atomic E-state index is 0.0495. The fourth-order valence-electron chi connectivity index (χ4n) is 2.29. The predicted molar refractivity (Wildman–Crippen MR) is 81.8 cm³/mol. The molecule has 0 radical (unpaired) electrons. The van der Waals surface area contributed by atoms with Crippen LogP contribution >= 0.6 is 34.5 Å². The summed E-state index contributed by atoms with van der Waals surface area (Å²) in [6.45, 7) is 7.55. The predicted octanol–water partition coefficient (Wildman–Crippen LogP) is 3.26. The lowest BCUT2D eigenvalue weighted by atomic mass is 9.99. The first-order valence-electron chi connectivity index (χ1n) is 6.21. The Labute approximate surface area is 128 Å². The van der Waals surface area contributed by atoms with E-state index in [0.29, 0.717) is 20.8 Å². The van der Waals surface area contributed by atoms with Crippen molar-refractivity contribution in [1.29, 1.82) is 0 Å². The molecule has 106 valence electrons. The molecule has 6 heteroatoms. The van der Waals surface area contributed by atoms with Gasteiger partial charge in [0.15, 0.2) is 5.78 Å². The van der Waals surface area contributed by atoms with Crippen molar-refractivity contribution in [1.82, 2.24) is 9.80 Å². The molecule has 0 aliphatic carbocycles. The summed E-state index contributed by atoms with van der Waals surface area (Å²) in [6, 6.07) is 1.66. The number of hydrogen-bond donors (Lipinski definition) is 0. The molecule has 1 aromatic rings. The highest BCUT2D eigenvalue weighted by Crippen LogP contribution is 2.31. The van der Waals surface area contributed by atoms with Crippen LogP contribution < -0.4 is 0 Å². The van der Waals surface area contributed by atoms with Crippen LogP contribution in [0.1, 0.15) is 24.2 Å². The number of carbonyl (C=O) groups is 1. The third-order valence-corrected chi connectivity index (χ3v) is 5.21. The Morgan fingerprint density at radius 2 is 2.11 bits per heavy atom. The van der Waals surface area contributed by atoms with Crippen molar-refractivity contribution in [2.24, 2.45) is 0 Å². The van der Waals surface area contributed by atoms with Gasteiger partial charge in [-0.05, 0) is 27.0 Å². The van der Waals surface area contributed by atoms with Gasteiger partial charge in [-0.1, -0.05) is 23.2 Å². The van der Waals surface area contributed by atoms with Crippen molar-refractivity contribution < 1.29 is 4.79 Å². The number of rotatable bonds is 3. The van der Waals surface area contributed by atoms with Crippen LogP contribution in [0.4, 0.5) is 0 Å². The van der Waals surface area contributed by atoms with E-state index in [1.807, 2.05) is 0 Å². The van der Waals surface area contributed by atoms with Crippen LogP contribution in [0.15, 0.2) is 6.07 Å². The molecule has 1 saturated heterocycles. The zero-order valence-corrected chi connectivity index (χ0v) is 13.7. The van der Waals surface area contributed by atoms with E-state index in [4.69, 9.17) is 23.2 Å². The highest BCUT2D eigenvalue weighted by atomic mass is 35.5. The number of piperazine rings is 1. The van der Waals surface area contributed by atoms with Gasteiger partial charge in [0.1, 0.15) is 4.34 Å². The summed E-state index contributed by atoms with van der Waals surface area (Å²) in [5, 5.41) is 0. The van der Waals surface area contributed by atoms with Crippen LogP contribution in [-0.2, 0) is 0 Å². The molecule has 1 aliphatic heterocycles. The van der Waals surface area contributed by atoms with Gasteiger partial charge in [0.2, 0.25) is 0 Å². The molecule has 0 aromatic carbocycles. The number of ketones is 1. The minimum atomic E-state index is 0.0495. The SMILES string of the molecule is CN1CCN(CC(=O)c2cc(Cl)sc2Cl)CC1(C)C. The second kappa shape index (κ2) is 5.70. The Hall–Kier alpha value is -0.130. The summed E-state index contributed by atoms with van der Waals surface area (Å²) in [6.07, 6.45) is 0. The molecule has 1 aliphatic rings. The van der Waals surface area contributed by atoms with Crippen LogP contribution in [0.3, 0.4) is 0 Å². The molecule has 0 unspecified atom stereocenters. The molecule has 2 heterocycles. The zero-order chi connectivity index (χ0) is 14.2. The van der Waals surface area contributed by atoms with Crippen LogP contribution in [-0.4, -0.2) is 54.3 Å². The molecule has 0 amide bonds. The molecule has 3 nitrogen and oxygen atoms in total. The summed E-state index contributed by atoms with van der Waals surface area (Å²) in [7, 11) is 2.12. The number of halogens is 2. The molecular formula is C13H18Cl2N2OS. The maximum absolute atomic E-state index is 12.2. The van der Waals surface area contributed by atoms with Crippen LogP contribution in [0.25, 0.3) is 0 Å². The third kappa shape index (κ3) is 3.50. The maximum Gasteiger partial charge on any atom is 0.179 e. The molecule has 19 heavy (non-hydrogen) atoms. The number of Topliss-reactive ketones (excluding diaryl/α,β-unsaturated/α-hetero) is 1. The van der Waals surface area contributed by atoms with Crippen LogP contribution in [0, 0.1) is 0 Å². The standard InChI is InChI=1S/C13H18Cl2N2OS/c1-13(2)8-17(5-4-16(13)3)7-10(18)9-6-11(14)19-12(9)15/h6H,4-5,7-8H2,1-3H3. The maximum atomic E-state index is 12.2. The number of carbonyl (C=O) groups excluding carboxylic acids is 1. The number of likely N-dealkylation sites (N-methyl/N-ethyl adjacent to an activating group) is 1. The van der Waals surface area contributed by atoms with Crippen molar-refractivity contribution in [3.63, 3.8) is 0 Å². The zero-order valence-electron chi connectivity index (χ0n) is 11.4. The van der Waals surface area contributed by atoms with Crippen molar-refractivity contribution in [2.45, 2.75) is 19.4 Å². The summed E-state index contributed by atoms with van der Waals surface area (Å²) in [5.41, 5.74) is 0.641. The van der Waals surface area contributed by atoms with E-state index in [9.17, 15) is 4.79 Å². The van der Waals surface area contributed by atoms with E-state index < -0.39 is 0 Å². The lowest BCUT2D eigenvalue weighted by Crippen LogP contribution is -2.58. The van der Waals surface area contributed by atoms with Crippen molar-refractivity contribution in [3.05, 3.63) is 20.3 Å². The van der Waals surface area contributed by atoms with Crippen LogP contribution in [0.2, 0.25) is 8.67 Å². The van der Waals surface area contributed by atoms with Gasteiger partial charge in [0, 0.05) is 25.2 Å². The molecule has 1 aromatic heterocycles. The Kier molecular flexibility index (Phi) is 4.58. The van der Waals surface area contributed by atoms with Crippen molar-refractivity contribution in [3.8, 4) is 0 Å². The highest BCUT2D eigenvalue weighted by Gasteiger charge is 2.32. The lowest BCUT2D eigenvalue weighted by molar-refractivity contribution is 0.0390. The average molecular weight is 321 g/mol. The quantitative estimate of drug-likeness (QED) is 0.799. The monoisotopic (exact) mass is 320 g/mol. The third-order valence-electron chi connectivity index (χ3n) is 3.72. The Morgan fingerprint density at radius 1 is 1.42 bits per heavy atom. The molecule has 2 rings (SSSR count). The topological polar surface area (TPSA) is 23.6 Å². The molecule has 0 bridgehead atoms. The largest absolute Gasteiger partial charge is 0.299 e.